The maximum Gasteiger partial charge on any atom is 0.303 e. The fraction of sp³-hybridized carbons (Fsp3) is 0.607. The van der Waals surface area contributed by atoms with Gasteiger partial charge in [0.25, 0.3) is 0 Å². The van der Waals surface area contributed by atoms with Gasteiger partial charge in [-0.25, -0.2) is 4.39 Å². The molecule has 1 aromatic rings. The van der Waals surface area contributed by atoms with E-state index in [0.29, 0.717) is 18.9 Å². The molecule has 0 radical (unpaired) electrons. The number of benzene rings is 1. The summed E-state index contributed by atoms with van der Waals surface area (Å²) in [4.78, 5) is 10.7. The van der Waals surface area contributed by atoms with Crippen LogP contribution in [-0.2, 0) is 14.9 Å². The Kier molecular flexibility index (Phi) is 8.88. The first-order chi connectivity index (χ1) is 15.7. The van der Waals surface area contributed by atoms with E-state index in [1.807, 2.05) is 18.2 Å². The molecule has 182 valence electrons. The predicted molar refractivity (Wildman–Crippen MR) is 128 cm³/mol. The fourth-order valence-corrected chi connectivity index (χ4v) is 5.75. The Morgan fingerprint density at radius 2 is 1.97 bits per heavy atom. The first-order valence-corrected chi connectivity index (χ1v) is 12.3. The average Bonchev–Trinajstić information content (AvgIpc) is 3.32. The summed E-state index contributed by atoms with van der Waals surface area (Å²) < 4.78 is 19.8. The summed E-state index contributed by atoms with van der Waals surface area (Å²) >= 11 is 0. The van der Waals surface area contributed by atoms with Gasteiger partial charge in [-0.15, -0.1) is 0 Å². The standard InChI is InChI=1S/C28H39FO4/c1-19(2)16-20(3)25(30)15-14-23-24(8-6-4-5-7-9-27(31)32)28(17-26(23)33-18-28)21-10-12-22(29)13-11-21/h4,6,10-15,19-20,23-26,30H,5,7-9,16-18H2,1-3H3,(H,31,32)/b6-4-,15-14+/t20?,23-,24-,25+,26-,28-/m0/s1. The number of hydrogen-bond acceptors (Lipinski definition) is 3. The predicted octanol–water partition coefficient (Wildman–Crippen LogP) is 5.90. The molecule has 2 fully saturated rings. The molecule has 0 spiro atoms. The van der Waals surface area contributed by atoms with E-state index in [0.717, 1.165) is 31.2 Å². The maximum absolute atomic E-state index is 13.6. The van der Waals surface area contributed by atoms with Crippen LogP contribution >= 0.6 is 0 Å². The van der Waals surface area contributed by atoms with Crippen LogP contribution in [0, 0.1) is 29.5 Å². The van der Waals surface area contributed by atoms with Crippen molar-refractivity contribution in [2.45, 2.75) is 76.9 Å². The van der Waals surface area contributed by atoms with E-state index >= 15 is 0 Å². The summed E-state index contributed by atoms with van der Waals surface area (Å²) in [5.74, 6) is 0.181. The molecule has 4 nitrogen and oxygen atoms in total. The molecule has 2 aliphatic rings. The second kappa shape index (κ2) is 11.4. The van der Waals surface area contributed by atoms with Gasteiger partial charge in [0.15, 0.2) is 0 Å². The summed E-state index contributed by atoms with van der Waals surface area (Å²) in [5, 5.41) is 19.5. The molecule has 33 heavy (non-hydrogen) atoms. The van der Waals surface area contributed by atoms with E-state index in [-0.39, 0.29) is 41.5 Å². The second-order valence-corrected chi connectivity index (χ2v) is 10.4. The van der Waals surface area contributed by atoms with Gasteiger partial charge in [-0.05, 0) is 67.6 Å². The number of fused-ring (bicyclic) bond motifs is 2. The Hall–Kier alpha value is -1.98. The SMILES string of the molecule is CC(C)CC(C)[C@H](O)/C=C/[C@@H]1[C@@H]2C[C@@](c3ccc(F)cc3)(CO2)[C@H]1C/C=C\CCCC(=O)O. The van der Waals surface area contributed by atoms with Crippen LogP contribution < -0.4 is 0 Å². The molecule has 1 saturated carbocycles. The largest absolute Gasteiger partial charge is 0.481 e. The fourth-order valence-electron chi connectivity index (χ4n) is 5.75. The van der Waals surface area contributed by atoms with Gasteiger partial charge in [-0.2, -0.15) is 0 Å². The Morgan fingerprint density at radius 3 is 2.64 bits per heavy atom. The molecular formula is C28H39FO4. The van der Waals surface area contributed by atoms with Crippen molar-refractivity contribution in [2.75, 3.05) is 6.61 Å². The molecule has 1 aromatic carbocycles. The monoisotopic (exact) mass is 458 g/mol. The normalized spacial score (nSPS) is 28.8. The average molecular weight is 459 g/mol. The topological polar surface area (TPSA) is 66.8 Å². The van der Waals surface area contributed by atoms with Crippen LogP contribution in [0.3, 0.4) is 0 Å². The summed E-state index contributed by atoms with van der Waals surface area (Å²) in [6, 6.07) is 6.82. The van der Waals surface area contributed by atoms with Gasteiger partial charge in [-0.1, -0.05) is 57.2 Å². The molecule has 1 heterocycles. The van der Waals surface area contributed by atoms with Crippen molar-refractivity contribution in [1.29, 1.82) is 0 Å². The zero-order valence-electron chi connectivity index (χ0n) is 20.1. The van der Waals surface area contributed by atoms with Crippen LogP contribution in [0.15, 0.2) is 48.6 Å². The number of allylic oxidation sites excluding steroid dienone is 2. The van der Waals surface area contributed by atoms with Crippen molar-refractivity contribution in [3.8, 4) is 0 Å². The van der Waals surface area contributed by atoms with Gasteiger partial charge in [0, 0.05) is 17.8 Å². The Morgan fingerprint density at radius 1 is 1.24 bits per heavy atom. The summed E-state index contributed by atoms with van der Waals surface area (Å²) in [6.07, 6.45) is 12.2. The molecule has 1 aliphatic heterocycles. The van der Waals surface area contributed by atoms with Crippen molar-refractivity contribution in [1.82, 2.24) is 0 Å². The van der Waals surface area contributed by atoms with Gasteiger partial charge in [-0.3, -0.25) is 4.79 Å². The number of hydrogen-bond donors (Lipinski definition) is 2. The molecule has 5 heteroatoms. The highest BCUT2D eigenvalue weighted by atomic mass is 19.1. The molecule has 3 rings (SSSR count). The number of unbranched alkanes of at least 4 members (excludes halogenated alkanes) is 1. The third kappa shape index (κ3) is 6.33. The lowest BCUT2D eigenvalue weighted by atomic mass is 9.69. The minimum absolute atomic E-state index is 0.0873. The molecule has 0 aromatic heterocycles. The van der Waals surface area contributed by atoms with Crippen LogP contribution in [-0.4, -0.2) is 35.0 Å². The highest BCUT2D eigenvalue weighted by molar-refractivity contribution is 5.66. The van der Waals surface area contributed by atoms with Crippen molar-refractivity contribution in [3.63, 3.8) is 0 Å². The van der Waals surface area contributed by atoms with E-state index in [1.165, 1.54) is 12.1 Å². The van der Waals surface area contributed by atoms with Crippen LogP contribution in [0.5, 0.6) is 0 Å². The highest BCUT2D eigenvalue weighted by Gasteiger charge is 2.58. The smallest absolute Gasteiger partial charge is 0.303 e. The molecule has 1 saturated heterocycles. The lowest BCUT2D eigenvalue weighted by Crippen LogP contribution is -2.39. The molecule has 2 N–H and O–H groups in total. The van der Waals surface area contributed by atoms with Gasteiger partial charge >= 0.3 is 5.97 Å². The molecular weight excluding hydrogens is 419 g/mol. The number of rotatable bonds is 12. The minimum atomic E-state index is -0.764. The van der Waals surface area contributed by atoms with Crippen LogP contribution in [0.1, 0.15) is 64.9 Å². The number of ether oxygens (including phenoxy) is 1. The number of halogens is 1. The molecule has 0 amide bonds. The van der Waals surface area contributed by atoms with Crippen molar-refractivity contribution < 1.29 is 24.1 Å². The van der Waals surface area contributed by atoms with Crippen LogP contribution in [0.2, 0.25) is 0 Å². The maximum atomic E-state index is 13.6. The number of carboxylic acid groups (broad SMARTS) is 1. The van der Waals surface area contributed by atoms with Crippen molar-refractivity contribution in [3.05, 3.63) is 60.0 Å². The van der Waals surface area contributed by atoms with E-state index in [4.69, 9.17) is 9.84 Å². The lowest BCUT2D eigenvalue weighted by Gasteiger charge is -2.38. The van der Waals surface area contributed by atoms with Crippen molar-refractivity contribution in [2.24, 2.45) is 23.7 Å². The Labute approximate surface area is 197 Å². The second-order valence-electron chi connectivity index (χ2n) is 10.4. The number of aliphatic hydroxyl groups excluding tert-OH is 1. The van der Waals surface area contributed by atoms with E-state index < -0.39 is 12.1 Å². The third-order valence-electron chi connectivity index (χ3n) is 7.42. The quantitative estimate of drug-likeness (QED) is 0.302. The Bertz CT molecular complexity index is 831. The zero-order chi connectivity index (χ0) is 24.0. The van der Waals surface area contributed by atoms with Gasteiger partial charge < -0.3 is 14.9 Å². The zero-order valence-corrected chi connectivity index (χ0v) is 20.1. The number of aliphatic carboxylic acids is 1. The molecule has 1 aliphatic carbocycles. The molecule has 2 bridgehead atoms. The number of aliphatic hydroxyl groups is 1. The van der Waals surface area contributed by atoms with Gasteiger partial charge in [0.05, 0.1) is 18.8 Å². The number of carbonyl (C=O) groups is 1. The highest BCUT2D eigenvalue weighted by Crippen LogP contribution is 2.57. The summed E-state index contributed by atoms with van der Waals surface area (Å²) in [5.41, 5.74) is 0.938. The van der Waals surface area contributed by atoms with Crippen LogP contribution in [0.25, 0.3) is 0 Å². The van der Waals surface area contributed by atoms with E-state index in [1.54, 1.807) is 0 Å². The summed E-state index contributed by atoms with van der Waals surface area (Å²) in [7, 11) is 0. The van der Waals surface area contributed by atoms with E-state index in [2.05, 4.69) is 39.0 Å². The van der Waals surface area contributed by atoms with Gasteiger partial charge in [0.1, 0.15) is 5.82 Å². The summed E-state index contributed by atoms with van der Waals surface area (Å²) in [6.45, 7) is 7.05. The Balaban J connectivity index is 1.78. The molecule has 1 unspecified atom stereocenters. The molecule has 6 atom stereocenters. The first-order valence-electron chi connectivity index (χ1n) is 12.3. The van der Waals surface area contributed by atoms with Gasteiger partial charge in [0.2, 0.25) is 0 Å². The lowest BCUT2D eigenvalue weighted by molar-refractivity contribution is -0.137. The third-order valence-corrected chi connectivity index (χ3v) is 7.42. The van der Waals surface area contributed by atoms with E-state index in [9.17, 15) is 14.3 Å². The van der Waals surface area contributed by atoms with Crippen molar-refractivity contribution >= 4 is 5.97 Å². The first kappa shape index (κ1) is 25.6. The number of carboxylic acids is 1. The minimum Gasteiger partial charge on any atom is -0.481 e. The van der Waals surface area contributed by atoms with Crippen LogP contribution in [0.4, 0.5) is 4.39 Å².